The van der Waals surface area contributed by atoms with Gasteiger partial charge in [0.1, 0.15) is 16.8 Å². The Kier molecular flexibility index (Phi) is 6.75. The van der Waals surface area contributed by atoms with E-state index in [9.17, 15) is 41.0 Å². The van der Waals surface area contributed by atoms with Gasteiger partial charge in [0.2, 0.25) is 0 Å². The van der Waals surface area contributed by atoms with Crippen molar-refractivity contribution < 1.29 is 45.7 Å². The van der Waals surface area contributed by atoms with Crippen LogP contribution >= 0.6 is 0 Å². The molecule has 0 spiro atoms. The van der Waals surface area contributed by atoms with E-state index in [1.165, 1.54) is 4.90 Å². The number of ether oxygens (including phenoxy) is 1. The Morgan fingerprint density at radius 2 is 1.91 bits per heavy atom. The molecule has 1 heterocycles. The molecule has 33 heavy (non-hydrogen) atoms. The molecule has 1 saturated heterocycles. The molecule has 180 valence electrons. The standard InChI is InChI=1S/C20H20F4N2O6S/c1-32-17-5-2-11(19(28)29)8-18(17)33(30,31)25-14-9-12(20(22,23)24)3-4-15(14)26-7-6-16(27)13(21)10-26/h2-5,8-9,13,16,25,27H,6-7,10H2,1H3,(H,28,29)/t13-,16+/m0/s1. The van der Waals surface area contributed by atoms with Crippen molar-refractivity contribution in [2.75, 3.05) is 29.8 Å². The summed E-state index contributed by atoms with van der Waals surface area (Å²) in [5.74, 6) is -1.65. The lowest BCUT2D eigenvalue weighted by atomic mass is 10.0. The first-order chi connectivity index (χ1) is 15.3. The van der Waals surface area contributed by atoms with Gasteiger partial charge in [-0.25, -0.2) is 17.6 Å². The Labute approximate surface area is 186 Å². The van der Waals surface area contributed by atoms with Gasteiger partial charge in [-0.2, -0.15) is 13.2 Å². The normalized spacial score (nSPS) is 19.3. The fraction of sp³-hybridized carbons (Fsp3) is 0.350. The average Bonchev–Trinajstić information content (AvgIpc) is 2.74. The number of sulfonamides is 1. The number of carboxylic acid groups (broad SMARTS) is 1. The number of hydrogen-bond acceptors (Lipinski definition) is 6. The van der Waals surface area contributed by atoms with Gasteiger partial charge in [-0.15, -0.1) is 0 Å². The molecule has 13 heteroatoms. The van der Waals surface area contributed by atoms with Crippen LogP contribution in [0.5, 0.6) is 5.75 Å². The number of alkyl halides is 4. The highest BCUT2D eigenvalue weighted by molar-refractivity contribution is 7.92. The van der Waals surface area contributed by atoms with Gasteiger partial charge in [0.15, 0.2) is 0 Å². The number of anilines is 2. The fourth-order valence-corrected chi connectivity index (χ4v) is 4.66. The molecule has 2 atom stereocenters. The molecule has 3 rings (SSSR count). The summed E-state index contributed by atoms with van der Waals surface area (Å²) in [7, 11) is -3.49. The van der Waals surface area contributed by atoms with Crippen LogP contribution < -0.4 is 14.4 Å². The first kappa shape index (κ1) is 24.6. The number of carbonyl (C=O) groups is 1. The van der Waals surface area contributed by atoms with E-state index < -0.39 is 50.6 Å². The van der Waals surface area contributed by atoms with Crippen molar-refractivity contribution in [3.05, 3.63) is 47.5 Å². The molecular weight excluding hydrogens is 472 g/mol. The summed E-state index contributed by atoms with van der Waals surface area (Å²) in [6.45, 7) is -0.293. The van der Waals surface area contributed by atoms with E-state index in [2.05, 4.69) is 4.72 Å². The number of aliphatic hydroxyl groups excluding tert-OH is 1. The number of hydrogen-bond donors (Lipinski definition) is 3. The molecule has 0 aromatic heterocycles. The second kappa shape index (κ2) is 9.06. The Balaban J connectivity index is 2.09. The number of nitrogens with one attached hydrogen (secondary N) is 1. The van der Waals surface area contributed by atoms with E-state index in [0.717, 1.165) is 37.4 Å². The number of aromatic carboxylic acids is 1. The van der Waals surface area contributed by atoms with E-state index in [-0.39, 0.29) is 36.5 Å². The van der Waals surface area contributed by atoms with Crippen molar-refractivity contribution in [3.63, 3.8) is 0 Å². The zero-order valence-electron chi connectivity index (χ0n) is 17.1. The smallest absolute Gasteiger partial charge is 0.416 e. The number of rotatable bonds is 6. The van der Waals surface area contributed by atoms with Crippen molar-refractivity contribution in [1.82, 2.24) is 0 Å². The molecular formula is C20H20F4N2O6S. The van der Waals surface area contributed by atoms with Crippen LogP contribution in [0.4, 0.5) is 28.9 Å². The Hall–Kier alpha value is -3.06. The monoisotopic (exact) mass is 492 g/mol. The van der Waals surface area contributed by atoms with Gasteiger partial charge in [-0.3, -0.25) is 4.72 Å². The van der Waals surface area contributed by atoms with Crippen LogP contribution in [0.2, 0.25) is 0 Å². The maximum absolute atomic E-state index is 14.1. The average molecular weight is 492 g/mol. The molecule has 0 radical (unpaired) electrons. The number of nitrogens with zero attached hydrogens (tertiary/aromatic N) is 1. The predicted molar refractivity (Wildman–Crippen MR) is 110 cm³/mol. The Morgan fingerprint density at radius 3 is 2.48 bits per heavy atom. The molecule has 8 nitrogen and oxygen atoms in total. The van der Waals surface area contributed by atoms with Crippen molar-refractivity contribution in [3.8, 4) is 5.75 Å². The predicted octanol–water partition coefficient (Wildman–Crippen LogP) is 3.12. The van der Waals surface area contributed by atoms with Crippen molar-refractivity contribution >= 4 is 27.4 Å². The minimum atomic E-state index is -4.79. The summed E-state index contributed by atoms with van der Waals surface area (Å²) in [5.41, 5.74) is -2.06. The maximum atomic E-state index is 14.1. The van der Waals surface area contributed by atoms with E-state index in [4.69, 9.17) is 4.74 Å². The lowest BCUT2D eigenvalue weighted by Crippen LogP contribution is -2.44. The largest absolute Gasteiger partial charge is 0.495 e. The number of halogens is 4. The van der Waals surface area contributed by atoms with Crippen LogP contribution in [0.1, 0.15) is 22.3 Å². The summed E-state index contributed by atoms with van der Waals surface area (Å²) in [6, 6.07) is 5.33. The number of aliphatic hydroxyl groups is 1. The van der Waals surface area contributed by atoms with Gasteiger partial charge in [-0.05, 0) is 42.8 Å². The highest BCUT2D eigenvalue weighted by Crippen LogP contribution is 2.38. The van der Waals surface area contributed by atoms with Crippen LogP contribution in [0, 0.1) is 0 Å². The van der Waals surface area contributed by atoms with Gasteiger partial charge in [0.05, 0.1) is 42.3 Å². The summed E-state index contributed by atoms with van der Waals surface area (Å²) >= 11 is 0. The molecule has 1 aliphatic rings. The second-order valence-corrected chi connectivity index (χ2v) is 8.97. The summed E-state index contributed by atoms with van der Waals surface area (Å²) in [6.07, 6.45) is -7.72. The minimum Gasteiger partial charge on any atom is -0.495 e. The molecule has 1 aliphatic heterocycles. The Morgan fingerprint density at radius 1 is 1.21 bits per heavy atom. The number of methoxy groups -OCH3 is 1. The van der Waals surface area contributed by atoms with Crippen LogP contribution in [0.15, 0.2) is 41.3 Å². The zero-order chi connectivity index (χ0) is 24.6. The highest BCUT2D eigenvalue weighted by atomic mass is 32.2. The van der Waals surface area contributed by atoms with Crippen LogP contribution in [-0.4, -0.2) is 57.1 Å². The fourth-order valence-electron chi connectivity index (χ4n) is 3.40. The lowest BCUT2D eigenvalue weighted by molar-refractivity contribution is -0.137. The van der Waals surface area contributed by atoms with Crippen molar-refractivity contribution in [2.24, 2.45) is 0 Å². The molecule has 0 bridgehead atoms. The first-order valence-corrected chi connectivity index (χ1v) is 11.0. The van der Waals surface area contributed by atoms with Crippen molar-refractivity contribution in [2.45, 2.75) is 29.8 Å². The number of benzene rings is 2. The summed E-state index contributed by atoms with van der Waals surface area (Å²) in [5, 5.41) is 18.8. The van der Waals surface area contributed by atoms with E-state index in [1.54, 1.807) is 0 Å². The number of piperidine rings is 1. The van der Waals surface area contributed by atoms with E-state index in [1.807, 2.05) is 0 Å². The zero-order valence-corrected chi connectivity index (χ0v) is 18.0. The first-order valence-electron chi connectivity index (χ1n) is 9.56. The van der Waals surface area contributed by atoms with E-state index in [0.29, 0.717) is 6.07 Å². The van der Waals surface area contributed by atoms with Crippen LogP contribution in [-0.2, 0) is 16.2 Å². The van der Waals surface area contributed by atoms with Gasteiger partial charge in [0.25, 0.3) is 10.0 Å². The second-order valence-electron chi connectivity index (χ2n) is 7.32. The third-order valence-electron chi connectivity index (χ3n) is 5.12. The van der Waals surface area contributed by atoms with Crippen molar-refractivity contribution in [1.29, 1.82) is 0 Å². The summed E-state index contributed by atoms with van der Waals surface area (Å²) in [4.78, 5) is 12.0. The van der Waals surface area contributed by atoms with Crippen LogP contribution in [0.3, 0.4) is 0 Å². The van der Waals surface area contributed by atoms with E-state index >= 15 is 0 Å². The third kappa shape index (κ3) is 5.30. The minimum absolute atomic E-state index is 0.0111. The summed E-state index contributed by atoms with van der Waals surface area (Å²) < 4.78 is 87.1. The quantitative estimate of drug-likeness (QED) is 0.531. The molecule has 2 aromatic carbocycles. The highest BCUT2D eigenvalue weighted by Gasteiger charge is 2.34. The van der Waals surface area contributed by atoms with Crippen LogP contribution in [0.25, 0.3) is 0 Å². The Bertz CT molecular complexity index is 1160. The molecule has 1 fully saturated rings. The molecule has 0 unspecified atom stereocenters. The molecule has 0 aliphatic carbocycles. The van der Waals surface area contributed by atoms with Gasteiger partial charge in [0, 0.05) is 6.54 Å². The SMILES string of the molecule is COc1ccc(C(=O)O)cc1S(=O)(=O)Nc1cc(C(F)(F)F)ccc1N1CC[C@@H](O)[C@@H](F)C1. The topological polar surface area (TPSA) is 116 Å². The number of carboxylic acids is 1. The molecule has 0 saturated carbocycles. The molecule has 3 N–H and O–H groups in total. The lowest BCUT2D eigenvalue weighted by Gasteiger charge is -2.35. The maximum Gasteiger partial charge on any atom is 0.416 e. The third-order valence-corrected chi connectivity index (χ3v) is 6.50. The van der Waals surface area contributed by atoms with Gasteiger partial charge in [-0.1, -0.05) is 0 Å². The molecule has 0 amide bonds. The van der Waals surface area contributed by atoms with Gasteiger partial charge < -0.3 is 19.8 Å². The molecule has 2 aromatic rings. The van der Waals surface area contributed by atoms with Gasteiger partial charge >= 0.3 is 12.1 Å².